The lowest BCUT2D eigenvalue weighted by Crippen LogP contribution is -2.44. The maximum Gasteiger partial charge on any atom is 0.174 e. The molecule has 2 aromatic carbocycles. The van der Waals surface area contributed by atoms with Crippen LogP contribution in [0, 0.1) is 0 Å². The number of morpholine rings is 1. The summed E-state index contributed by atoms with van der Waals surface area (Å²) in [4.78, 5) is 2.28. The minimum absolute atomic E-state index is 0.106. The molecule has 2 atom stereocenters. The Morgan fingerprint density at radius 3 is 2.35 bits per heavy atom. The van der Waals surface area contributed by atoms with E-state index in [1.165, 1.54) is 5.56 Å². The minimum atomic E-state index is -0.769. The predicted octanol–water partition coefficient (Wildman–Crippen LogP) is 2.58. The van der Waals surface area contributed by atoms with Crippen LogP contribution in [0.3, 0.4) is 0 Å². The molecule has 1 aliphatic heterocycles. The molecule has 0 amide bonds. The van der Waals surface area contributed by atoms with Crippen LogP contribution in [0.25, 0.3) is 0 Å². The van der Waals surface area contributed by atoms with E-state index >= 15 is 0 Å². The maximum absolute atomic E-state index is 10.2. The van der Waals surface area contributed by atoms with Gasteiger partial charge in [0.05, 0.1) is 12.6 Å². The van der Waals surface area contributed by atoms with E-state index in [2.05, 4.69) is 17.0 Å². The highest BCUT2D eigenvalue weighted by Gasteiger charge is 2.32. The van der Waals surface area contributed by atoms with Crippen LogP contribution < -0.4 is 0 Å². The summed E-state index contributed by atoms with van der Waals surface area (Å²) in [7, 11) is 0. The van der Waals surface area contributed by atoms with Crippen molar-refractivity contribution in [1.82, 2.24) is 4.90 Å². The molecule has 3 heteroatoms. The standard InChI is InChI=1S/C17H19NO2/c19-17-16(15-9-5-2-6-10-15)18(11-12-20-17)13-14-7-3-1-4-8-14/h1-10,16-17,19H,11-13H2/t16-,17+/m0/s1. The lowest BCUT2D eigenvalue weighted by Gasteiger charge is -2.39. The van der Waals surface area contributed by atoms with Crippen LogP contribution in [-0.2, 0) is 11.3 Å². The van der Waals surface area contributed by atoms with E-state index in [0.717, 1.165) is 18.7 Å². The molecule has 0 radical (unpaired) electrons. The normalized spacial score (nSPS) is 23.6. The first-order valence-electron chi connectivity index (χ1n) is 6.97. The molecule has 104 valence electrons. The largest absolute Gasteiger partial charge is 0.366 e. The van der Waals surface area contributed by atoms with Gasteiger partial charge in [-0.1, -0.05) is 60.7 Å². The van der Waals surface area contributed by atoms with Crippen LogP contribution in [0.15, 0.2) is 60.7 Å². The van der Waals surface area contributed by atoms with Gasteiger partial charge in [-0.25, -0.2) is 0 Å². The number of benzene rings is 2. The van der Waals surface area contributed by atoms with Crippen molar-refractivity contribution in [1.29, 1.82) is 0 Å². The van der Waals surface area contributed by atoms with Crippen molar-refractivity contribution in [3.05, 3.63) is 71.8 Å². The zero-order valence-electron chi connectivity index (χ0n) is 11.4. The van der Waals surface area contributed by atoms with Gasteiger partial charge in [0.1, 0.15) is 0 Å². The molecule has 0 unspecified atom stereocenters. The number of rotatable bonds is 3. The number of hydrogen-bond donors (Lipinski definition) is 1. The molecule has 0 bridgehead atoms. The Kier molecular flexibility index (Phi) is 4.11. The van der Waals surface area contributed by atoms with Gasteiger partial charge in [-0.15, -0.1) is 0 Å². The van der Waals surface area contributed by atoms with Gasteiger partial charge in [-0.2, -0.15) is 0 Å². The zero-order chi connectivity index (χ0) is 13.8. The second-order valence-corrected chi connectivity index (χ2v) is 5.07. The SMILES string of the molecule is O[C@@H]1OCCN(Cc2ccccc2)[C@H]1c1ccccc1. The Morgan fingerprint density at radius 2 is 1.65 bits per heavy atom. The first kappa shape index (κ1) is 13.3. The molecule has 3 nitrogen and oxygen atoms in total. The lowest BCUT2D eigenvalue weighted by atomic mass is 10.0. The van der Waals surface area contributed by atoms with Gasteiger partial charge in [0.2, 0.25) is 0 Å². The average Bonchev–Trinajstić information content (AvgIpc) is 2.49. The number of nitrogens with zero attached hydrogens (tertiary/aromatic N) is 1. The summed E-state index contributed by atoms with van der Waals surface area (Å²) in [5, 5.41) is 10.2. The van der Waals surface area contributed by atoms with Crippen LogP contribution in [0.5, 0.6) is 0 Å². The minimum Gasteiger partial charge on any atom is -0.366 e. The monoisotopic (exact) mass is 269 g/mol. The second-order valence-electron chi connectivity index (χ2n) is 5.07. The molecule has 0 aliphatic carbocycles. The van der Waals surface area contributed by atoms with E-state index < -0.39 is 6.29 Å². The molecule has 20 heavy (non-hydrogen) atoms. The van der Waals surface area contributed by atoms with Crippen molar-refractivity contribution >= 4 is 0 Å². The smallest absolute Gasteiger partial charge is 0.174 e. The van der Waals surface area contributed by atoms with Crippen molar-refractivity contribution in [3.63, 3.8) is 0 Å². The average molecular weight is 269 g/mol. The third-order valence-electron chi connectivity index (χ3n) is 3.70. The molecule has 1 N–H and O–H groups in total. The van der Waals surface area contributed by atoms with E-state index in [-0.39, 0.29) is 6.04 Å². The van der Waals surface area contributed by atoms with Crippen LogP contribution >= 0.6 is 0 Å². The molecule has 2 aromatic rings. The van der Waals surface area contributed by atoms with Crippen molar-refractivity contribution in [3.8, 4) is 0 Å². The number of hydrogen-bond acceptors (Lipinski definition) is 3. The number of aliphatic hydroxyl groups excluding tert-OH is 1. The van der Waals surface area contributed by atoms with Gasteiger partial charge in [-0.05, 0) is 11.1 Å². The summed E-state index contributed by atoms with van der Waals surface area (Å²) in [6.07, 6.45) is -0.769. The molecule has 1 saturated heterocycles. The summed E-state index contributed by atoms with van der Waals surface area (Å²) in [6, 6.07) is 20.3. The lowest BCUT2D eigenvalue weighted by molar-refractivity contribution is -0.184. The fourth-order valence-electron chi connectivity index (χ4n) is 2.72. The van der Waals surface area contributed by atoms with Crippen molar-refractivity contribution in [2.45, 2.75) is 18.9 Å². The zero-order valence-corrected chi connectivity index (χ0v) is 11.4. The molecule has 3 rings (SSSR count). The predicted molar refractivity (Wildman–Crippen MR) is 78.0 cm³/mol. The van der Waals surface area contributed by atoms with Gasteiger partial charge in [0, 0.05) is 13.1 Å². The molecular weight excluding hydrogens is 250 g/mol. The Labute approximate surface area is 119 Å². The molecular formula is C17H19NO2. The molecule has 0 aromatic heterocycles. The van der Waals surface area contributed by atoms with Gasteiger partial charge in [-0.3, -0.25) is 4.90 Å². The molecule has 1 heterocycles. The van der Waals surface area contributed by atoms with Crippen LogP contribution in [0.4, 0.5) is 0 Å². The Balaban J connectivity index is 1.83. The fraction of sp³-hybridized carbons (Fsp3) is 0.294. The molecule has 0 saturated carbocycles. The van der Waals surface area contributed by atoms with Gasteiger partial charge < -0.3 is 9.84 Å². The molecule has 0 spiro atoms. The van der Waals surface area contributed by atoms with E-state index in [4.69, 9.17) is 4.74 Å². The van der Waals surface area contributed by atoms with Gasteiger partial charge in [0.25, 0.3) is 0 Å². The van der Waals surface area contributed by atoms with Gasteiger partial charge in [0.15, 0.2) is 6.29 Å². The summed E-state index contributed by atoms with van der Waals surface area (Å²) < 4.78 is 5.43. The Morgan fingerprint density at radius 1 is 1.00 bits per heavy atom. The summed E-state index contributed by atoms with van der Waals surface area (Å²) >= 11 is 0. The van der Waals surface area contributed by atoms with E-state index in [1.54, 1.807) is 0 Å². The highest BCUT2D eigenvalue weighted by Crippen LogP contribution is 2.29. The first-order chi connectivity index (χ1) is 9.84. The van der Waals surface area contributed by atoms with Gasteiger partial charge >= 0.3 is 0 Å². The number of ether oxygens (including phenoxy) is 1. The maximum atomic E-state index is 10.2. The van der Waals surface area contributed by atoms with E-state index in [1.807, 2.05) is 48.5 Å². The first-order valence-corrected chi connectivity index (χ1v) is 6.97. The summed E-state index contributed by atoms with van der Waals surface area (Å²) in [5.74, 6) is 0. The highest BCUT2D eigenvalue weighted by molar-refractivity contribution is 5.21. The molecule has 1 aliphatic rings. The third kappa shape index (κ3) is 2.90. The van der Waals surface area contributed by atoms with Crippen LogP contribution in [-0.4, -0.2) is 29.4 Å². The van der Waals surface area contributed by atoms with Crippen molar-refractivity contribution < 1.29 is 9.84 Å². The number of aliphatic hydroxyl groups is 1. The summed E-state index contributed by atoms with van der Waals surface area (Å²) in [6.45, 7) is 2.21. The van der Waals surface area contributed by atoms with Crippen LogP contribution in [0.1, 0.15) is 17.2 Å². The second kappa shape index (κ2) is 6.18. The van der Waals surface area contributed by atoms with E-state index in [0.29, 0.717) is 6.61 Å². The van der Waals surface area contributed by atoms with E-state index in [9.17, 15) is 5.11 Å². The summed E-state index contributed by atoms with van der Waals surface area (Å²) in [5.41, 5.74) is 2.35. The highest BCUT2D eigenvalue weighted by atomic mass is 16.6. The Bertz CT molecular complexity index is 529. The van der Waals surface area contributed by atoms with Crippen molar-refractivity contribution in [2.24, 2.45) is 0 Å². The fourth-order valence-corrected chi connectivity index (χ4v) is 2.72. The topological polar surface area (TPSA) is 32.7 Å². The van der Waals surface area contributed by atoms with Crippen molar-refractivity contribution in [2.75, 3.05) is 13.2 Å². The Hall–Kier alpha value is -1.68. The molecule has 1 fully saturated rings. The third-order valence-corrected chi connectivity index (χ3v) is 3.70. The van der Waals surface area contributed by atoms with Crippen LogP contribution in [0.2, 0.25) is 0 Å². The quantitative estimate of drug-likeness (QED) is 0.929.